The first-order valence-corrected chi connectivity index (χ1v) is 7.56. The minimum absolute atomic E-state index is 0.399. The molecule has 2 rings (SSSR count). The van der Waals surface area contributed by atoms with Gasteiger partial charge in [-0.25, -0.2) is 0 Å². The number of hydrogen-bond acceptors (Lipinski definition) is 2. The molecular formula is C19H26N2. The third-order valence-electron chi connectivity index (χ3n) is 3.97. The predicted molar refractivity (Wildman–Crippen MR) is 90.5 cm³/mol. The van der Waals surface area contributed by atoms with Crippen LogP contribution in [0.3, 0.4) is 0 Å². The van der Waals surface area contributed by atoms with Crippen LogP contribution in [0, 0.1) is 13.8 Å². The first kappa shape index (κ1) is 15.7. The highest BCUT2D eigenvalue weighted by Gasteiger charge is 2.13. The summed E-state index contributed by atoms with van der Waals surface area (Å²) in [5.41, 5.74) is 5.43. The molecule has 0 fully saturated rings. The lowest BCUT2D eigenvalue weighted by Crippen LogP contribution is -2.30. The van der Waals surface area contributed by atoms with Crippen LogP contribution in [0.4, 0.5) is 0 Å². The van der Waals surface area contributed by atoms with Crippen LogP contribution < -0.4 is 5.32 Å². The normalized spacial score (nSPS) is 12.6. The molecule has 0 amide bonds. The average molecular weight is 282 g/mol. The third kappa shape index (κ3) is 4.42. The molecule has 0 saturated heterocycles. The Balaban J connectivity index is 1.98. The average Bonchev–Trinajstić information content (AvgIpc) is 2.47. The molecule has 2 aromatic carbocycles. The molecule has 0 aromatic heterocycles. The summed E-state index contributed by atoms with van der Waals surface area (Å²) in [4.78, 5) is 2.27. The molecule has 1 N–H and O–H groups in total. The molecule has 0 aliphatic carbocycles. The topological polar surface area (TPSA) is 15.3 Å². The molecule has 1 unspecified atom stereocenters. The number of nitrogens with one attached hydrogen (secondary N) is 1. The van der Waals surface area contributed by atoms with Crippen molar-refractivity contribution in [3.05, 3.63) is 70.8 Å². The summed E-state index contributed by atoms with van der Waals surface area (Å²) in [6.45, 7) is 6.20. The van der Waals surface area contributed by atoms with Crippen molar-refractivity contribution >= 4 is 0 Å². The number of hydrogen-bond donors (Lipinski definition) is 1. The Morgan fingerprint density at radius 3 is 2.38 bits per heavy atom. The Morgan fingerprint density at radius 2 is 1.71 bits per heavy atom. The largest absolute Gasteiger partial charge is 0.311 e. The van der Waals surface area contributed by atoms with Gasteiger partial charge in [-0.15, -0.1) is 0 Å². The van der Waals surface area contributed by atoms with E-state index in [0.717, 1.165) is 13.1 Å². The fourth-order valence-electron chi connectivity index (χ4n) is 2.61. The number of aryl methyl sites for hydroxylation is 2. The zero-order valence-corrected chi connectivity index (χ0v) is 13.6. The van der Waals surface area contributed by atoms with E-state index >= 15 is 0 Å². The highest BCUT2D eigenvalue weighted by Crippen LogP contribution is 2.17. The van der Waals surface area contributed by atoms with Crippen molar-refractivity contribution < 1.29 is 0 Å². The second kappa shape index (κ2) is 7.39. The van der Waals surface area contributed by atoms with Crippen LogP contribution in [0.1, 0.15) is 28.3 Å². The fourth-order valence-corrected chi connectivity index (χ4v) is 2.61. The third-order valence-corrected chi connectivity index (χ3v) is 3.97. The second-order valence-electron chi connectivity index (χ2n) is 5.95. The number of rotatable bonds is 6. The van der Waals surface area contributed by atoms with Gasteiger partial charge in [0.05, 0.1) is 0 Å². The Hall–Kier alpha value is -1.64. The van der Waals surface area contributed by atoms with Gasteiger partial charge in [0.1, 0.15) is 0 Å². The maximum Gasteiger partial charge on any atom is 0.0466 e. The highest BCUT2D eigenvalue weighted by molar-refractivity contribution is 5.30. The summed E-state index contributed by atoms with van der Waals surface area (Å²) in [5, 5.41) is 3.61. The molecule has 2 aromatic rings. The van der Waals surface area contributed by atoms with E-state index in [1.807, 2.05) is 0 Å². The van der Waals surface area contributed by atoms with Crippen molar-refractivity contribution in [3.63, 3.8) is 0 Å². The van der Waals surface area contributed by atoms with Crippen LogP contribution in [-0.2, 0) is 6.54 Å². The molecule has 0 heterocycles. The van der Waals surface area contributed by atoms with Gasteiger partial charge in [-0.2, -0.15) is 0 Å². The summed E-state index contributed by atoms with van der Waals surface area (Å²) in [5.74, 6) is 0. The Morgan fingerprint density at radius 1 is 1.00 bits per heavy atom. The summed E-state index contributed by atoms with van der Waals surface area (Å²) in [6, 6.07) is 17.7. The monoisotopic (exact) mass is 282 g/mol. The Bertz CT molecular complexity index is 561. The van der Waals surface area contributed by atoms with Gasteiger partial charge in [0.25, 0.3) is 0 Å². The van der Waals surface area contributed by atoms with Crippen molar-refractivity contribution in [2.45, 2.75) is 26.4 Å². The van der Waals surface area contributed by atoms with Gasteiger partial charge in [-0.3, -0.25) is 0 Å². The van der Waals surface area contributed by atoms with Crippen LogP contribution in [0.2, 0.25) is 0 Å². The highest BCUT2D eigenvalue weighted by atomic mass is 15.1. The first-order valence-electron chi connectivity index (χ1n) is 7.56. The standard InChI is InChI=1S/C19H26N2/c1-15-10-11-16(2)18(12-15)13-20-14-19(21(3)4)17-8-6-5-7-9-17/h5-12,19-20H,13-14H2,1-4H3. The maximum absolute atomic E-state index is 3.61. The smallest absolute Gasteiger partial charge is 0.0466 e. The van der Waals surface area contributed by atoms with Crippen LogP contribution in [0.25, 0.3) is 0 Å². The molecule has 0 saturated carbocycles. The van der Waals surface area contributed by atoms with Crippen LogP contribution >= 0.6 is 0 Å². The summed E-state index contributed by atoms with van der Waals surface area (Å²) >= 11 is 0. The van der Waals surface area contributed by atoms with E-state index in [2.05, 4.69) is 86.7 Å². The van der Waals surface area contributed by atoms with Gasteiger partial charge >= 0.3 is 0 Å². The van der Waals surface area contributed by atoms with Crippen molar-refractivity contribution in [1.82, 2.24) is 10.2 Å². The van der Waals surface area contributed by atoms with Crippen molar-refractivity contribution in [3.8, 4) is 0 Å². The zero-order valence-electron chi connectivity index (χ0n) is 13.6. The van der Waals surface area contributed by atoms with E-state index in [-0.39, 0.29) is 0 Å². The van der Waals surface area contributed by atoms with Gasteiger partial charge in [0.15, 0.2) is 0 Å². The zero-order chi connectivity index (χ0) is 15.2. The minimum atomic E-state index is 0.399. The SMILES string of the molecule is Cc1ccc(C)c(CNCC(c2ccccc2)N(C)C)c1. The van der Waals surface area contributed by atoms with E-state index in [1.54, 1.807) is 0 Å². The van der Waals surface area contributed by atoms with Crippen LogP contribution in [-0.4, -0.2) is 25.5 Å². The van der Waals surface area contributed by atoms with E-state index in [1.165, 1.54) is 22.3 Å². The summed E-state index contributed by atoms with van der Waals surface area (Å²) in [6.07, 6.45) is 0. The molecule has 2 nitrogen and oxygen atoms in total. The minimum Gasteiger partial charge on any atom is -0.311 e. The predicted octanol–water partition coefficient (Wildman–Crippen LogP) is 3.70. The van der Waals surface area contributed by atoms with Gasteiger partial charge in [0.2, 0.25) is 0 Å². The van der Waals surface area contributed by atoms with Gasteiger partial charge in [-0.05, 0) is 44.6 Å². The molecule has 2 heteroatoms. The quantitative estimate of drug-likeness (QED) is 0.869. The molecule has 112 valence electrons. The lowest BCUT2D eigenvalue weighted by atomic mass is 10.0. The molecule has 0 bridgehead atoms. The molecule has 0 radical (unpaired) electrons. The molecular weight excluding hydrogens is 256 g/mol. The van der Waals surface area contributed by atoms with E-state index in [0.29, 0.717) is 6.04 Å². The maximum atomic E-state index is 3.61. The summed E-state index contributed by atoms with van der Waals surface area (Å²) < 4.78 is 0. The van der Waals surface area contributed by atoms with Crippen molar-refractivity contribution in [2.75, 3.05) is 20.6 Å². The lowest BCUT2D eigenvalue weighted by molar-refractivity contribution is 0.288. The number of nitrogens with zero attached hydrogens (tertiary/aromatic N) is 1. The first-order chi connectivity index (χ1) is 10.1. The lowest BCUT2D eigenvalue weighted by Gasteiger charge is -2.25. The van der Waals surface area contributed by atoms with Gasteiger partial charge in [0, 0.05) is 19.1 Å². The number of likely N-dealkylation sites (N-methyl/N-ethyl adjacent to an activating group) is 1. The summed E-state index contributed by atoms with van der Waals surface area (Å²) in [7, 11) is 4.27. The Kier molecular flexibility index (Phi) is 5.54. The second-order valence-corrected chi connectivity index (χ2v) is 5.95. The molecule has 0 aliphatic rings. The molecule has 0 aliphatic heterocycles. The van der Waals surface area contributed by atoms with Gasteiger partial charge < -0.3 is 10.2 Å². The van der Waals surface area contributed by atoms with Crippen molar-refractivity contribution in [2.24, 2.45) is 0 Å². The molecule has 0 spiro atoms. The molecule has 1 atom stereocenters. The van der Waals surface area contributed by atoms with Crippen LogP contribution in [0.5, 0.6) is 0 Å². The van der Waals surface area contributed by atoms with Crippen LogP contribution in [0.15, 0.2) is 48.5 Å². The fraction of sp³-hybridized carbons (Fsp3) is 0.368. The van der Waals surface area contributed by atoms with Gasteiger partial charge in [-0.1, -0.05) is 54.1 Å². The van der Waals surface area contributed by atoms with E-state index in [9.17, 15) is 0 Å². The number of benzene rings is 2. The van der Waals surface area contributed by atoms with E-state index < -0.39 is 0 Å². The van der Waals surface area contributed by atoms with E-state index in [4.69, 9.17) is 0 Å². The molecule has 21 heavy (non-hydrogen) atoms. The van der Waals surface area contributed by atoms with Crippen molar-refractivity contribution in [1.29, 1.82) is 0 Å². The Labute approximate surface area is 128 Å².